The van der Waals surface area contributed by atoms with Crippen LogP contribution in [0.5, 0.6) is 0 Å². The highest BCUT2D eigenvalue weighted by molar-refractivity contribution is 5.83. The number of halogens is 3. The van der Waals surface area contributed by atoms with Crippen molar-refractivity contribution in [3.05, 3.63) is 0 Å². The molecule has 2 fully saturated rings. The Bertz CT molecular complexity index is 293. The lowest BCUT2D eigenvalue weighted by atomic mass is 9.86. The van der Waals surface area contributed by atoms with E-state index < -0.39 is 12.7 Å². The fourth-order valence-corrected chi connectivity index (χ4v) is 2.74. The Morgan fingerprint density at radius 2 is 1.67 bits per heavy atom. The van der Waals surface area contributed by atoms with Gasteiger partial charge in [-0.15, -0.1) is 0 Å². The van der Waals surface area contributed by atoms with Gasteiger partial charge in [0, 0.05) is 12.0 Å². The molecular formula is C13H20F3NO. The van der Waals surface area contributed by atoms with E-state index in [1.165, 1.54) is 4.90 Å². The predicted octanol–water partition coefficient (Wildman–Crippen LogP) is 3.16. The largest absolute Gasteiger partial charge is 0.401 e. The van der Waals surface area contributed by atoms with E-state index in [1.807, 2.05) is 0 Å². The Hall–Kier alpha value is -0.580. The van der Waals surface area contributed by atoms with Crippen molar-refractivity contribution in [2.75, 3.05) is 13.1 Å². The molecule has 0 bridgehead atoms. The Labute approximate surface area is 106 Å². The summed E-state index contributed by atoms with van der Waals surface area (Å²) in [6.45, 7) is -0.940. The molecule has 2 nitrogen and oxygen atoms in total. The highest BCUT2D eigenvalue weighted by Gasteiger charge is 2.39. The maximum absolute atomic E-state index is 12.4. The molecule has 0 aliphatic heterocycles. The summed E-state index contributed by atoms with van der Waals surface area (Å²) in [5.74, 6) is 0.0269. The van der Waals surface area contributed by atoms with Crippen LogP contribution in [0.2, 0.25) is 0 Å². The number of rotatable bonds is 5. The van der Waals surface area contributed by atoms with Gasteiger partial charge < -0.3 is 0 Å². The van der Waals surface area contributed by atoms with Gasteiger partial charge in [0.15, 0.2) is 0 Å². The van der Waals surface area contributed by atoms with Gasteiger partial charge in [0.25, 0.3) is 0 Å². The molecule has 2 saturated carbocycles. The first-order valence-electron chi connectivity index (χ1n) is 6.79. The van der Waals surface area contributed by atoms with E-state index in [4.69, 9.17) is 0 Å². The van der Waals surface area contributed by atoms with E-state index in [0.29, 0.717) is 0 Å². The summed E-state index contributed by atoms with van der Waals surface area (Å²) < 4.78 is 37.3. The minimum Gasteiger partial charge on any atom is -0.298 e. The standard InChI is InChI=1S/C13H20F3NO/c14-13(15,16)9-17(11-6-7-11)8-12(18)10-4-2-1-3-5-10/h10-11H,1-9H2. The fraction of sp³-hybridized carbons (Fsp3) is 0.923. The molecular weight excluding hydrogens is 243 g/mol. The molecule has 0 radical (unpaired) electrons. The molecule has 0 amide bonds. The van der Waals surface area contributed by atoms with Crippen LogP contribution in [-0.4, -0.2) is 36.0 Å². The van der Waals surface area contributed by atoms with Crippen LogP contribution in [0.3, 0.4) is 0 Å². The molecule has 0 heterocycles. The zero-order valence-corrected chi connectivity index (χ0v) is 10.5. The fourth-order valence-electron chi connectivity index (χ4n) is 2.74. The number of alkyl halides is 3. The molecule has 2 aliphatic carbocycles. The molecule has 2 aliphatic rings. The van der Waals surface area contributed by atoms with Gasteiger partial charge >= 0.3 is 6.18 Å². The smallest absolute Gasteiger partial charge is 0.298 e. The lowest BCUT2D eigenvalue weighted by Crippen LogP contribution is -2.41. The van der Waals surface area contributed by atoms with Gasteiger partial charge in [-0.3, -0.25) is 9.69 Å². The van der Waals surface area contributed by atoms with E-state index in [0.717, 1.165) is 44.9 Å². The van der Waals surface area contributed by atoms with Gasteiger partial charge in [0.2, 0.25) is 0 Å². The maximum atomic E-state index is 12.4. The Balaban J connectivity index is 1.85. The second-order valence-corrected chi connectivity index (χ2v) is 5.55. The van der Waals surface area contributed by atoms with Crippen molar-refractivity contribution >= 4 is 5.78 Å². The van der Waals surface area contributed by atoms with E-state index in [9.17, 15) is 18.0 Å². The van der Waals surface area contributed by atoms with E-state index in [1.54, 1.807) is 0 Å². The summed E-state index contributed by atoms with van der Waals surface area (Å²) in [5, 5.41) is 0. The van der Waals surface area contributed by atoms with Crippen LogP contribution < -0.4 is 0 Å². The van der Waals surface area contributed by atoms with Gasteiger partial charge in [-0.05, 0) is 25.7 Å². The first-order valence-corrected chi connectivity index (χ1v) is 6.79. The van der Waals surface area contributed by atoms with Crippen LogP contribution in [0.15, 0.2) is 0 Å². The van der Waals surface area contributed by atoms with Crippen molar-refractivity contribution in [3.8, 4) is 0 Å². The van der Waals surface area contributed by atoms with Crippen LogP contribution in [0.1, 0.15) is 44.9 Å². The molecule has 0 spiro atoms. The summed E-state index contributed by atoms with van der Waals surface area (Å²) in [7, 11) is 0. The third-order valence-corrected chi connectivity index (χ3v) is 3.87. The number of nitrogens with zero attached hydrogens (tertiary/aromatic N) is 1. The molecule has 2 rings (SSSR count). The van der Waals surface area contributed by atoms with Gasteiger partial charge in [0.1, 0.15) is 5.78 Å². The van der Waals surface area contributed by atoms with Crippen LogP contribution >= 0.6 is 0 Å². The van der Waals surface area contributed by atoms with Crippen LogP contribution in [0.25, 0.3) is 0 Å². The highest BCUT2D eigenvalue weighted by atomic mass is 19.4. The summed E-state index contributed by atoms with van der Waals surface area (Å²) in [6.07, 6.45) is 2.36. The molecule has 0 saturated heterocycles. The van der Waals surface area contributed by atoms with Crippen molar-refractivity contribution in [1.29, 1.82) is 0 Å². The van der Waals surface area contributed by atoms with Crippen LogP contribution in [0.4, 0.5) is 13.2 Å². The minimum atomic E-state index is -4.20. The zero-order valence-electron chi connectivity index (χ0n) is 10.5. The number of hydrogen-bond acceptors (Lipinski definition) is 2. The van der Waals surface area contributed by atoms with Crippen LogP contribution in [0, 0.1) is 5.92 Å². The number of carbonyl (C=O) groups excluding carboxylic acids is 1. The third kappa shape index (κ3) is 4.26. The number of ketones is 1. The predicted molar refractivity (Wildman–Crippen MR) is 62.2 cm³/mol. The second kappa shape index (κ2) is 5.59. The third-order valence-electron chi connectivity index (χ3n) is 3.87. The Morgan fingerprint density at radius 1 is 1.06 bits per heavy atom. The molecule has 0 N–H and O–H groups in total. The molecule has 0 unspecified atom stereocenters. The molecule has 0 atom stereocenters. The summed E-state index contributed by atoms with van der Waals surface area (Å²) in [6, 6.07) is -0.0147. The Morgan fingerprint density at radius 3 is 2.17 bits per heavy atom. The summed E-state index contributed by atoms with van der Waals surface area (Å²) in [5.41, 5.74) is 0. The number of hydrogen-bond donors (Lipinski definition) is 0. The first kappa shape index (κ1) is 13.8. The minimum absolute atomic E-state index is 0.00512. The zero-order chi connectivity index (χ0) is 13.2. The SMILES string of the molecule is O=C(CN(CC(F)(F)F)C1CC1)C1CCCCC1. The van der Waals surface area contributed by atoms with Gasteiger partial charge in [-0.1, -0.05) is 19.3 Å². The summed E-state index contributed by atoms with van der Waals surface area (Å²) >= 11 is 0. The van der Waals surface area contributed by atoms with Crippen molar-refractivity contribution in [3.63, 3.8) is 0 Å². The number of Topliss-reactive ketones (excluding diaryl/α,β-unsaturated/α-hetero) is 1. The van der Waals surface area contributed by atoms with Gasteiger partial charge in [0.05, 0.1) is 13.1 Å². The molecule has 0 aromatic carbocycles. The average molecular weight is 263 g/mol. The normalized spacial score (nSPS) is 22.4. The van der Waals surface area contributed by atoms with Gasteiger partial charge in [-0.2, -0.15) is 13.2 Å². The second-order valence-electron chi connectivity index (χ2n) is 5.55. The van der Waals surface area contributed by atoms with Crippen molar-refractivity contribution in [2.24, 2.45) is 5.92 Å². The van der Waals surface area contributed by atoms with Gasteiger partial charge in [-0.25, -0.2) is 0 Å². The average Bonchev–Trinajstić information content (AvgIpc) is 3.11. The summed E-state index contributed by atoms with van der Waals surface area (Å²) in [4.78, 5) is 13.3. The monoisotopic (exact) mass is 263 g/mol. The lowest BCUT2D eigenvalue weighted by molar-refractivity contribution is -0.150. The van der Waals surface area contributed by atoms with E-state index in [2.05, 4.69) is 0 Å². The quantitative estimate of drug-likeness (QED) is 0.759. The first-order chi connectivity index (χ1) is 8.46. The highest BCUT2D eigenvalue weighted by Crippen LogP contribution is 2.31. The van der Waals surface area contributed by atoms with Crippen LogP contribution in [-0.2, 0) is 4.79 Å². The maximum Gasteiger partial charge on any atom is 0.401 e. The van der Waals surface area contributed by atoms with Crippen molar-refractivity contribution in [2.45, 2.75) is 57.2 Å². The Kier molecular flexibility index (Phi) is 4.30. The molecule has 0 aromatic heterocycles. The topological polar surface area (TPSA) is 20.3 Å². The number of carbonyl (C=O) groups is 1. The molecule has 18 heavy (non-hydrogen) atoms. The van der Waals surface area contributed by atoms with Crippen molar-refractivity contribution in [1.82, 2.24) is 4.90 Å². The van der Waals surface area contributed by atoms with E-state index >= 15 is 0 Å². The van der Waals surface area contributed by atoms with E-state index in [-0.39, 0.29) is 24.3 Å². The lowest BCUT2D eigenvalue weighted by Gasteiger charge is -2.26. The van der Waals surface area contributed by atoms with Crippen molar-refractivity contribution < 1.29 is 18.0 Å². The molecule has 104 valence electrons. The molecule has 0 aromatic rings. The molecule has 5 heteroatoms.